The van der Waals surface area contributed by atoms with E-state index < -0.39 is 12.0 Å². The molecule has 0 saturated carbocycles. The molecule has 1 aromatic heterocycles. The SMILES string of the molecule is O=C(O)C1CCc2cc3cc(F)ccc3n21. The van der Waals surface area contributed by atoms with E-state index in [0.29, 0.717) is 6.42 Å². The Balaban J connectivity index is 2.27. The molecule has 0 aliphatic carbocycles. The Hall–Kier alpha value is -1.84. The van der Waals surface area contributed by atoms with Crippen LogP contribution in [0.5, 0.6) is 0 Å². The van der Waals surface area contributed by atoms with Gasteiger partial charge < -0.3 is 9.67 Å². The summed E-state index contributed by atoms with van der Waals surface area (Å²) in [5, 5.41) is 9.88. The van der Waals surface area contributed by atoms with Crippen molar-refractivity contribution in [2.75, 3.05) is 0 Å². The van der Waals surface area contributed by atoms with Crippen molar-refractivity contribution in [3.8, 4) is 0 Å². The molecule has 1 atom stereocenters. The molecule has 1 unspecified atom stereocenters. The van der Waals surface area contributed by atoms with Gasteiger partial charge in [-0.15, -0.1) is 0 Å². The minimum absolute atomic E-state index is 0.288. The quantitative estimate of drug-likeness (QED) is 0.799. The van der Waals surface area contributed by atoms with Gasteiger partial charge in [0, 0.05) is 16.6 Å². The first-order valence-electron chi connectivity index (χ1n) is 5.19. The number of halogens is 1. The minimum Gasteiger partial charge on any atom is -0.480 e. The number of fused-ring (bicyclic) bond motifs is 3. The first-order chi connectivity index (χ1) is 7.66. The zero-order chi connectivity index (χ0) is 11.3. The highest BCUT2D eigenvalue weighted by Gasteiger charge is 2.29. The average Bonchev–Trinajstić information content (AvgIpc) is 2.74. The van der Waals surface area contributed by atoms with Crippen LogP contribution in [0.2, 0.25) is 0 Å². The maximum atomic E-state index is 13.0. The standard InChI is InChI=1S/C12H10FNO2/c13-8-1-3-10-7(5-8)6-9-2-4-11(12(15)16)14(9)10/h1,3,5-6,11H,2,4H2,(H,15,16). The van der Waals surface area contributed by atoms with Crippen LogP contribution in [0.25, 0.3) is 10.9 Å². The van der Waals surface area contributed by atoms with Crippen LogP contribution in [-0.2, 0) is 11.2 Å². The predicted octanol–water partition coefficient (Wildman–Crippen LogP) is 2.35. The van der Waals surface area contributed by atoms with Gasteiger partial charge in [-0.25, -0.2) is 9.18 Å². The fourth-order valence-corrected chi connectivity index (χ4v) is 2.47. The lowest BCUT2D eigenvalue weighted by atomic mass is 10.1. The van der Waals surface area contributed by atoms with Crippen LogP contribution < -0.4 is 0 Å². The molecule has 3 rings (SSSR count). The first-order valence-corrected chi connectivity index (χ1v) is 5.19. The molecular formula is C12H10FNO2. The zero-order valence-electron chi connectivity index (χ0n) is 8.48. The number of carboxylic acid groups (broad SMARTS) is 1. The number of hydrogen-bond acceptors (Lipinski definition) is 1. The molecule has 82 valence electrons. The molecule has 0 fully saturated rings. The molecule has 0 saturated heterocycles. The van der Waals surface area contributed by atoms with Crippen molar-refractivity contribution in [1.82, 2.24) is 4.57 Å². The topological polar surface area (TPSA) is 42.2 Å². The third-order valence-electron chi connectivity index (χ3n) is 3.15. The summed E-state index contributed by atoms with van der Waals surface area (Å²) in [7, 11) is 0. The molecule has 2 heterocycles. The largest absolute Gasteiger partial charge is 0.480 e. The normalized spacial score (nSPS) is 18.9. The van der Waals surface area contributed by atoms with Crippen molar-refractivity contribution in [2.45, 2.75) is 18.9 Å². The Kier molecular flexibility index (Phi) is 1.80. The zero-order valence-corrected chi connectivity index (χ0v) is 8.48. The van der Waals surface area contributed by atoms with E-state index in [2.05, 4.69) is 0 Å². The van der Waals surface area contributed by atoms with Gasteiger partial charge in [-0.05, 0) is 37.1 Å². The lowest BCUT2D eigenvalue weighted by molar-refractivity contribution is -0.140. The summed E-state index contributed by atoms with van der Waals surface area (Å²) in [6.07, 6.45) is 1.37. The fourth-order valence-electron chi connectivity index (χ4n) is 2.47. The van der Waals surface area contributed by atoms with Crippen LogP contribution in [0.1, 0.15) is 18.2 Å². The number of aliphatic carboxylic acids is 1. The molecule has 1 aliphatic heterocycles. The predicted molar refractivity (Wildman–Crippen MR) is 56.9 cm³/mol. The number of rotatable bonds is 1. The third kappa shape index (κ3) is 1.16. The monoisotopic (exact) mass is 219 g/mol. The van der Waals surface area contributed by atoms with Crippen LogP contribution >= 0.6 is 0 Å². The van der Waals surface area contributed by atoms with Crippen LogP contribution in [0, 0.1) is 5.82 Å². The van der Waals surface area contributed by atoms with E-state index >= 15 is 0 Å². The number of benzene rings is 1. The van der Waals surface area contributed by atoms with E-state index in [1.807, 2.05) is 6.07 Å². The summed E-state index contributed by atoms with van der Waals surface area (Å²) in [6.45, 7) is 0. The van der Waals surface area contributed by atoms with Crippen molar-refractivity contribution in [1.29, 1.82) is 0 Å². The van der Waals surface area contributed by atoms with Gasteiger partial charge in [0.15, 0.2) is 0 Å². The summed E-state index contributed by atoms with van der Waals surface area (Å²) in [5.41, 5.74) is 1.79. The number of carboxylic acids is 1. The molecule has 1 aromatic carbocycles. The number of carbonyl (C=O) groups is 1. The van der Waals surface area contributed by atoms with Crippen LogP contribution in [0.3, 0.4) is 0 Å². The Labute approximate surface area is 91.1 Å². The maximum absolute atomic E-state index is 13.0. The van der Waals surface area contributed by atoms with E-state index in [9.17, 15) is 9.18 Å². The Morgan fingerprint density at radius 1 is 1.44 bits per heavy atom. The van der Waals surface area contributed by atoms with E-state index in [4.69, 9.17) is 5.11 Å². The van der Waals surface area contributed by atoms with Crippen LogP contribution in [-0.4, -0.2) is 15.6 Å². The molecule has 3 nitrogen and oxygen atoms in total. The van der Waals surface area contributed by atoms with Gasteiger partial charge in [-0.2, -0.15) is 0 Å². The highest BCUT2D eigenvalue weighted by atomic mass is 19.1. The molecule has 0 radical (unpaired) electrons. The van der Waals surface area contributed by atoms with Gasteiger partial charge in [-0.3, -0.25) is 0 Å². The highest BCUT2D eigenvalue weighted by Crippen LogP contribution is 2.33. The van der Waals surface area contributed by atoms with E-state index in [1.54, 1.807) is 10.6 Å². The van der Waals surface area contributed by atoms with Crippen LogP contribution in [0.15, 0.2) is 24.3 Å². The Morgan fingerprint density at radius 2 is 2.25 bits per heavy atom. The molecule has 1 N–H and O–H groups in total. The molecule has 2 aromatic rings. The lowest BCUT2D eigenvalue weighted by Crippen LogP contribution is -2.14. The summed E-state index contributed by atoms with van der Waals surface area (Å²) in [5.74, 6) is -1.11. The maximum Gasteiger partial charge on any atom is 0.326 e. The molecular weight excluding hydrogens is 209 g/mol. The average molecular weight is 219 g/mol. The Morgan fingerprint density at radius 3 is 3.00 bits per heavy atom. The molecule has 0 spiro atoms. The second-order valence-corrected chi connectivity index (χ2v) is 4.10. The van der Waals surface area contributed by atoms with Gasteiger partial charge in [0.1, 0.15) is 11.9 Å². The Bertz CT molecular complexity index is 588. The second-order valence-electron chi connectivity index (χ2n) is 4.10. The number of aromatic nitrogens is 1. The van der Waals surface area contributed by atoms with Crippen molar-refractivity contribution < 1.29 is 14.3 Å². The van der Waals surface area contributed by atoms with E-state index in [0.717, 1.165) is 23.0 Å². The van der Waals surface area contributed by atoms with Gasteiger partial charge >= 0.3 is 5.97 Å². The smallest absolute Gasteiger partial charge is 0.326 e. The minimum atomic E-state index is -0.819. The van der Waals surface area contributed by atoms with Crippen LogP contribution in [0.4, 0.5) is 4.39 Å². The van der Waals surface area contributed by atoms with Crippen molar-refractivity contribution in [3.05, 3.63) is 35.8 Å². The first kappa shape index (κ1) is 9.39. The molecule has 1 aliphatic rings. The van der Waals surface area contributed by atoms with Gasteiger partial charge in [-0.1, -0.05) is 0 Å². The van der Waals surface area contributed by atoms with E-state index in [-0.39, 0.29) is 5.82 Å². The summed E-state index contributed by atoms with van der Waals surface area (Å²) in [6, 6.07) is 5.83. The number of aryl methyl sites for hydroxylation is 1. The number of nitrogens with zero attached hydrogens (tertiary/aromatic N) is 1. The summed E-state index contributed by atoms with van der Waals surface area (Å²) in [4.78, 5) is 11.1. The van der Waals surface area contributed by atoms with Gasteiger partial charge in [0.2, 0.25) is 0 Å². The summed E-state index contributed by atoms with van der Waals surface area (Å²) >= 11 is 0. The van der Waals surface area contributed by atoms with Crippen molar-refractivity contribution >= 4 is 16.9 Å². The molecule has 0 bridgehead atoms. The molecule has 16 heavy (non-hydrogen) atoms. The van der Waals surface area contributed by atoms with Gasteiger partial charge in [0.25, 0.3) is 0 Å². The van der Waals surface area contributed by atoms with Gasteiger partial charge in [0.05, 0.1) is 0 Å². The summed E-state index contributed by atoms with van der Waals surface area (Å²) < 4.78 is 14.8. The van der Waals surface area contributed by atoms with Crippen molar-refractivity contribution in [3.63, 3.8) is 0 Å². The number of hydrogen-bond donors (Lipinski definition) is 1. The van der Waals surface area contributed by atoms with E-state index in [1.165, 1.54) is 12.1 Å². The highest BCUT2D eigenvalue weighted by molar-refractivity contribution is 5.85. The second kappa shape index (κ2) is 3.07. The van der Waals surface area contributed by atoms with Crippen molar-refractivity contribution in [2.24, 2.45) is 0 Å². The molecule has 0 amide bonds. The third-order valence-corrected chi connectivity index (χ3v) is 3.15. The fraction of sp³-hybridized carbons (Fsp3) is 0.250. The molecule has 4 heteroatoms. The lowest BCUT2D eigenvalue weighted by Gasteiger charge is -2.09.